The Morgan fingerprint density at radius 2 is 2.00 bits per heavy atom. The van der Waals surface area contributed by atoms with Gasteiger partial charge in [0.05, 0.1) is 0 Å². The van der Waals surface area contributed by atoms with E-state index >= 15 is 0 Å². The highest BCUT2D eigenvalue weighted by Crippen LogP contribution is 2.31. The maximum atomic E-state index is 10.6. The van der Waals surface area contributed by atoms with Crippen LogP contribution >= 0.6 is 0 Å². The van der Waals surface area contributed by atoms with Gasteiger partial charge in [-0.05, 0) is 50.5 Å². The fourth-order valence-electron chi connectivity index (χ4n) is 2.66. The second-order valence-corrected chi connectivity index (χ2v) is 4.61. The summed E-state index contributed by atoms with van der Waals surface area (Å²) in [5.74, 6) is 0. The third kappa shape index (κ3) is 1.97. The lowest BCUT2D eigenvalue weighted by Crippen LogP contribution is -2.33. The Morgan fingerprint density at radius 1 is 1.31 bits per heavy atom. The quantitative estimate of drug-likeness (QED) is 0.724. The lowest BCUT2D eigenvalue weighted by atomic mass is 10.1. The molecule has 0 spiro atoms. The minimum absolute atomic E-state index is 0.618. The van der Waals surface area contributed by atoms with Gasteiger partial charge in [0, 0.05) is 23.3 Å². The van der Waals surface area contributed by atoms with E-state index in [2.05, 4.69) is 30.9 Å². The van der Waals surface area contributed by atoms with Gasteiger partial charge in [0.25, 0.3) is 0 Å². The highest BCUT2D eigenvalue weighted by molar-refractivity contribution is 5.75. The molecule has 2 nitrogen and oxygen atoms in total. The van der Waals surface area contributed by atoms with Crippen molar-refractivity contribution in [1.29, 1.82) is 0 Å². The second kappa shape index (κ2) is 4.69. The molecule has 1 aromatic carbocycles. The molecule has 2 unspecified atom stereocenters. The van der Waals surface area contributed by atoms with Gasteiger partial charge in [0.15, 0.2) is 0 Å². The lowest BCUT2D eigenvalue weighted by Gasteiger charge is -2.30. The number of carbonyl (C=O) groups excluding carboxylic acids is 1. The van der Waals surface area contributed by atoms with Gasteiger partial charge >= 0.3 is 0 Å². The Bertz CT molecular complexity index is 358. The molecule has 1 fully saturated rings. The molecule has 2 atom stereocenters. The van der Waals surface area contributed by atoms with Gasteiger partial charge in [-0.3, -0.25) is 4.79 Å². The van der Waals surface area contributed by atoms with Crippen LogP contribution in [0, 0.1) is 0 Å². The van der Waals surface area contributed by atoms with Crippen molar-refractivity contribution in [1.82, 2.24) is 0 Å². The second-order valence-electron chi connectivity index (χ2n) is 4.61. The van der Waals surface area contributed by atoms with E-state index in [0.29, 0.717) is 12.1 Å². The van der Waals surface area contributed by atoms with Crippen LogP contribution in [-0.2, 0) is 0 Å². The average molecular weight is 217 g/mol. The number of aldehydes is 1. The predicted octanol–water partition coefficient (Wildman–Crippen LogP) is 3.27. The number of hydrogen-bond donors (Lipinski definition) is 0. The SMILES string of the molecule is CCC1CCC(C)N1c1ccc(C=O)cc1. The number of benzene rings is 1. The maximum absolute atomic E-state index is 10.6. The van der Waals surface area contributed by atoms with Gasteiger partial charge < -0.3 is 4.90 Å². The van der Waals surface area contributed by atoms with Crippen LogP contribution in [0.5, 0.6) is 0 Å². The summed E-state index contributed by atoms with van der Waals surface area (Å²) in [7, 11) is 0. The van der Waals surface area contributed by atoms with Gasteiger partial charge in [0.1, 0.15) is 6.29 Å². The Labute approximate surface area is 97.3 Å². The molecule has 2 rings (SSSR count). The number of rotatable bonds is 3. The van der Waals surface area contributed by atoms with Crippen LogP contribution in [0.1, 0.15) is 43.5 Å². The van der Waals surface area contributed by atoms with Crippen molar-refractivity contribution >= 4 is 12.0 Å². The van der Waals surface area contributed by atoms with E-state index in [1.54, 1.807) is 0 Å². The third-order valence-electron chi connectivity index (χ3n) is 3.58. The zero-order valence-electron chi connectivity index (χ0n) is 10.0. The topological polar surface area (TPSA) is 20.3 Å². The van der Waals surface area contributed by atoms with E-state index in [9.17, 15) is 4.79 Å². The first kappa shape index (κ1) is 11.2. The van der Waals surface area contributed by atoms with Crippen LogP contribution < -0.4 is 4.90 Å². The summed E-state index contributed by atoms with van der Waals surface area (Å²) >= 11 is 0. The van der Waals surface area contributed by atoms with Crippen LogP contribution in [-0.4, -0.2) is 18.4 Å². The van der Waals surface area contributed by atoms with E-state index in [1.807, 2.05) is 12.1 Å². The first-order valence-corrected chi connectivity index (χ1v) is 6.09. The largest absolute Gasteiger partial charge is 0.366 e. The smallest absolute Gasteiger partial charge is 0.150 e. The predicted molar refractivity (Wildman–Crippen MR) is 67.1 cm³/mol. The first-order chi connectivity index (χ1) is 7.76. The van der Waals surface area contributed by atoms with E-state index in [4.69, 9.17) is 0 Å². The van der Waals surface area contributed by atoms with Crippen molar-refractivity contribution in [2.24, 2.45) is 0 Å². The summed E-state index contributed by atoms with van der Waals surface area (Å²) in [6.45, 7) is 4.53. The molecule has 1 aliphatic heterocycles. The molecule has 0 radical (unpaired) electrons. The number of carbonyl (C=O) groups is 1. The third-order valence-corrected chi connectivity index (χ3v) is 3.58. The normalized spacial score (nSPS) is 24.8. The van der Waals surface area contributed by atoms with Gasteiger partial charge in [-0.1, -0.05) is 6.92 Å². The zero-order chi connectivity index (χ0) is 11.5. The molecule has 2 heteroatoms. The van der Waals surface area contributed by atoms with Crippen molar-refractivity contribution in [2.45, 2.75) is 45.2 Å². The van der Waals surface area contributed by atoms with Crippen molar-refractivity contribution < 1.29 is 4.79 Å². The van der Waals surface area contributed by atoms with Crippen LogP contribution in [0.2, 0.25) is 0 Å². The van der Waals surface area contributed by atoms with E-state index in [0.717, 1.165) is 11.8 Å². The molecule has 0 aliphatic carbocycles. The van der Waals surface area contributed by atoms with Crippen LogP contribution in [0.15, 0.2) is 24.3 Å². The highest BCUT2D eigenvalue weighted by atomic mass is 16.1. The molecular weight excluding hydrogens is 198 g/mol. The van der Waals surface area contributed by atoms with Crippen LogP contribution in [0.25, 0.3) is 0 Å². The standard InChI is InChI=1S/C14H19NO/c1-3-13-7-4-11(2)15(13)14-8-5-12(10-16)6-9-14/h5-6,8-11,13H,3-4,7H2,1-2H3. The molecule has 0 aromatic heterocycles. The Balaban J connectivity index is 2.24. The summed E-state index contributed by atoms with van der Waals surface area (Å²) in [4.78, 5) is 13.1. The number of hydrogen-bond acceptors (Lipinski definition) is 2. The number of anilines is 1. The average Bonchev–Trinajstić information content (AvgIpc) is 2.70. The van der Waals surface area contributed by atoms with Crippen molar-refractivity contribution in [3.05, 3.63) is 29.8 Å². The summed E-state index contributed by atoms with van der Waals surface area (Å²) in [5, 5.41) is 0. The molecule has 16 heavy (non-hydrogen) atoms. The molecule has 0 N–H and O–H groups in total. The van der Waals surface area contributed by atoms with Gasteiger partial charge in [0.2, 0.25) is 0 Å². The Kier molecular flexibility index (Phi) is 3.28. The van der Waals surface area contributed by atoms with Crippen molar-refractivity contribution in [3.63, 3.8) is 0 Å². The summed E-state index contributed by atoms with van der Waals surface area (Å²) < 4.78 is 0. The molecule has 1 heterocycles. The van der Waals surface area contributed by atoms with Gasteiger partial charge in [-0.2, -0.15) is 0 Å². The van der Waals surface area contributed by atoms with Gasteiger partial charge in [-0.25, -0.2) is 0 Å². The summed E-state index contributed by atoms with van der Waals surface area (Å²) in [6, 6.07) is 9.21. The minimum atomic E-state index is 0.618. The molecule has 1 aliphatic rings. The molecule has 0 amide bonds. The molecular formula is C14H19NO. The highest BCUT2D eigenvalue weighted by Gasteiger charge is 2.28. The molecule has 1 saturated heterocycles. The maximum Gasteiger partial charge on any atom is 0.150 e. The Hall–Kier alpha value is -1.31. The van der Waals surface area contributed by atoms with Crippen molar-refractivity contribution in [3.8, 4) is 0 Å². The summed E-state index contributed by atoms with van der Waals surface area (Å²) in [6.07, 6.45) is 4.65. The molecule has 86 valence electrons. The van der Waals surface area contributed by atoms with E-state index in [1.165, 1.54) is 24.9 Å². The number of nitrogens with zero attached hydrogens (tertiary/aromatic N) is 1. The van der Waals surface area contributed by atoms with Gasteiger partial charge in [-0.15, -0.1) is 0 Å². The lowest BCUT2D eigenvalue weighted by molar-refractivity contribution is 0.112. The van der Waals surface area contributed by atoms with Crippen molar-refractivity contribution in [2.75, 3.05) is 4.90 Å². The molecule has 1 aromatic rings. The minimum Gasteiger partial charge on any atom is -0.366 e. The monoisotopic (exact) mass is 217 g/mol. The molecule has 0 bridgehead atoms. The molecule has 0 saturated carbocycles. The first-order valence-electron chi connectivity index (χ1n) is 6.09. The van der Waals surface area contributed by atoms with Crippen LogP contribution in [0.3, 0.4) is 0 Å². The summed E-state index contributed by atoms with van der Waals surface area (Å²) in [5.41, 5.74) is 2.01. The Morgan fingerprint density at radius 3 is 2.56 bits per heavy atom. The zero-order valence-corrected chi connectivity index (χ0v) is 10.0. The fraction of sp³-hybridized carbons (Fsp3) is 0.500. The van der Waals surface area contributed by atoms with E-state index < -0.39 is 0 Å². The van der Waals surface area contributed by atoms with Crippen LogP contribution in [0.4, 0.5) is 5.69 Å². The van der Waals surface area contributed by atoms with E-state index in [-0.39, 0.29) is 0 Å². The fourth-order valence-corrected chi connectivity index (χ4v) is 2.66.